The average molecular weight is 255 g/mol. The van der Waals surface area contributed by atoms with Gasteiger partial charge in [-0.2, -0.15) is 0 Å². The molecule has 3 heteroatoms. The van der Waals surface area contributed by atoms with E-state index >= 15 is 0 Å². The van der Waals surface area contributed by atoms with Crippen LogP contribution >= 0.6 is 0 Å². The molecule has 0 radical (unpaired) electrons. The Hall–Kier alpha value is -0.570. The standard InChI is InChI=1S/C15H29NO2/c1-11(2)16-15(17)10-7-13-5-8-14(9-6-13)18-12(3)4/h11-14H,5-10H2,1-4H3,(H,16,17)/t13-,14-. The maximum Gasteiger partial charge on any atom is 0.220 e. The molecule has 0 atom stereocenters. The summed E-state index contributed by atoms with van der Waals surface area (Å²) < 4.78 is 5.84. The van der Waals surface area contributed by atoms with Crippen LogP contribution in [0.2, 0.25) is 0 Å². The van der Waals surface area contributed by atoms with E-state index < -0.39 is 0 Å². The summed E-state index contributed by atoms with van der Waals surface area (Å²) in [6, 6.07) is 0.257. The normalized spacial score (nSPS) is 24.6. The van der Waals surface area contributed by atoms with E-state index in [0.29, 0.717) is 18.6 Å². The summed E-state index contributed by atoms with van der Waals surface area (Å²) >= 11 is 0. The molecule has 0 aliphatic heterocycles. The number of carbonyl (C=O) groups is 1. The molecule has 1 N–H and O–H groups in total. The van der Waals surface area contributed by atoms with Crippen molar-refractivity contribution >= 4 is 5.91 Å². The lowest BCUT2D eigenvalue weighted by atomic mass is 9.84. The highest BCUT2D eigenvalue weighted by Gasteiger charge is 2.22. The zero-order valence-electron chi connectivity index (χ0n) is 12.4. The Morgan fingerprint density at radius 2 is 1.78 bits per heavy atom. The van der Waals surface area contributed by atoms with Crippen LogP contribution in [0, 0.1) is 5.92 Å². The van der Waals surface area contributed by atoms with Crippen molar-refractivity contribution in [3.8, 4) is 0 Å². The summed E-state index contributed by atoms with van der Waals surface area (Å²) in [5.41, 5.74) is 0. The van der Waals surface area contributed by atoms with Gasteiger partial charge < -0.3 is 10.1 Å². The molecule has 0 spiro atoms. The first-order chi connectivity index (χ1) is 8.47. The molecule has 0 saturated heterocycles. The smallest absolute Gasteiger partial charge is 0.220 e. The van der Waals surface area contributed by atoms with Gasteiger partial charge in [0.2, 0.25) is 5.91 Å². The van der Waals surface area contributed by atoms with Gasteiger partial charge in [-0.05, 0) is 65.7 Å². The van der Waals surface area contributed by atoms with Crippen molar-refractivity contribution in [2.24, 2.45) is 5.92 Å². The predicted octanol–water partition coefficient (Wildman–Crippen LogP) is 3.28. The Balaban J connectivity index is 2.14. The van der Waals surface area contributed by atoms with Crippen molar-refractivity contribution in [1.82, 2.24) is 5.32 Å². The summed E-state index contributed by atoms with van der Waals surface area (Å²) in [6.45, 7) is 8.21. The first kappa shape index (κ1) is 15.5. The van der Waals surface area contributed by atoms with Gasteiger partial charge in [0.15, 0.2) is 0 Å². The third-order valence-electron chi connectivity index (χ3n) is 3.49. The van der Waals surface area contributed by atoms with Crippen LogP contribution in [0.25, 0.3) is 0 Å². The molecule has 0 bridgehead atoms. The van der Waals surface area contributed by atoms with Gasteiger partial charge in [-0.1, -0.05) is 0 Å². The van der Waals surface area contributed by atoms with Crippen molar-refractivity contribution in [3.63, 3.8) is 0 Å². The molecule has 106 valence electrons. The number of ether oxygens (including phenoxy) is 1. The Labute approximate surface area is 112 Å². The molecule has 3 nitrogen and oxygen atoms in total. The van der Waals surface area contributed by atoms with Crippen molar-refractivity contribution in [2.45, 2.75) is 84.5 Å². The van der Waals surface area contributed by atoms with E-state index in [1.54, 1.807) is 0 Å². The number of hydrogen-bond donors (Lipinski definition) is 1. The molecule has 1 aliphatic carbocycles. The molecule has 0 unspecified atom stereocenters. The van der Waals surface area contributed by atoms with E-state index in [4.69, 9.17) is 4.74 Å². The first-order valence-corrected chi connectivity index (χ1v) is 7.42. The fourth-order valence-electron chi connectivity index (χ4n) is 2.67. The molecule has 0 aromatic carbocycles. The monoisotopic (exact) mass is 255 g/mol. The second kappa shape index (κ2) is 7.78. The van der Waals surface area contributed by atoms with E-state index in [-0.39, 0.29) is 11.9 Å². The molecule has 1 aliphatic rings. The number of amides is 1. The average Bonchev–Trinajstić information content (AvgIpc) is 2.26. The highest BCUT2D eigenvalue weighted by molar-refractivity contribution is 5.76. The topological polar surface area (TPSA) is 38.3 Å². The van der Waals surface area contributed by atoms with Crippen LogP contribution in [0.15, 0.2) is 0 Å². The number of nitrogens with one attached hydrogen (secondary N) is 1. The van der Waals surface area contributed by atoms with Crippen LogP contribution in [0.4, 0.5) is 0 Å². The molecule has 1 rings (SSSR count). The number of carbonyl (C=O) groups excluding carboxylic acids is 1. The molecule has 1 fully saturated rings. The zero-order chi connectivity index (χ0) is 13.5. The molecule has 0 aromatic rings. The highest BCUT2D eigenvalue weighted by atomic mass is 16.5. The molecule has 0 aromatic heterocycles. The minimum atomic E-state index is 0.200. The van der Waals surface area contributed by atoms with Crippen LogP contribution in [-0.2, 0) is 9.53 Å². The lowest BCUT2D eigenvalue weighted by Crippen LogP contribution is -2.31. The summed E-state index contributed by atoms with van der Waals surface area (Å²) in [7, 11) is 0. The fraction of sp³-hybridized carbons (Fsp3) is 0.933. The Morgan fingerprint density at radius 3 is 2.28 bits per heavy atom. The van der Waals surface area contributed by atoms with Gasteiger partial charge in [0, 0.05) is 12.5 Å². The van der Waals surface area contributed by atoms with Crippen molar-refractivity contribution in [2.75, 3.05) is 0 Å². The Bertz CT molecular complexity index is 243. The molecule has 18 heavy (non-hydrogen) atoms. The fourth-order valence-corrected chi connectivity index (χ4v) is 2.67. The van der Waals surface area contributed by atoms with E-state index in [1.165, 1.54) is 12.8 Å². The van der Waals surface area contributed by atoms with Crippen LogP contribution in [0.5, 0.6) is 0 Å². The van der Waals surface area contributed by atoms with Gasteiger partial charge in [-0.25, -0.2) is 0 Å². The predicted molar refractivity (Wildman–Crippen MR) is 74.5 cm³/mol. The first-order valence-electron chi connectivity index (χ1n) is 7.42. The van der Waals surface area contributed by atoms with Crippen LogP contribution in [0.3, 0.4) is 0 Å². The minimum Gasteiger partial charge on any atom is -0.376 e. The molecule has 1 amide bonds. The summed E-state index contributed by atoms with van der Waals surface area (Å²) in [5.74, 6) is 0.917. The Kier molecular flexibility index (Phi) is 6.69. The van der Waals surface area contributed by atoms with E-state index in [0.717, 1.165) is 25.2 Å². The molecule has 0 heterocycles. The van der Waals surface area contributed by atoms with Gasteiger partial charge in [0.05, 0.1) is 12.2 Å². The second-order valence-electron chi connectivity index (χ2n) is 6.09. The van der Waals surface area contributed by atoms with Crippen LogP contribution in [-0.4, -0.2) is 24.2 Å². The Morgan fingerprint density at radius 1 is 1.17 bits per heavy atom. The summed E-state index contributed by atoms with van der Waals surface area (Å²) in [5, 5.41) is 2.95. The third kappa shape index (κ3) is 6.39. The van der Waals surface area contributed by atoms with Crippen molar-refractivity contribution < 1.29 is 9.53 Å². The highest BCUT2D eigenvalue weighted by Crippen LogP contribution is 2.29. The SMILES string of the molecule is CC(C)NC(=O)CC[C@H]1CC[C@H](OC(C)C)CC1. The van der Waals surface area contributed by atoms with Gasteiger partial charge in [-0.15, -0.1) is 0 Å². The summed E-state index contributed by atoms with van der Waals surface area (Å²) in [6.07, 6.45) is 7.25. The van der Waals surface area contributed by atoms with Crippen LogP contribution in [0.1, 0.15) is 66.2 Å². The van der Waals surface area contributed by atoms with Gasteiger partial charge in [0.25, 0.3) is 0 Å². The van der Waals surface area contributed by atoms with E-state index in [9.17, 15) is 4.79 Å². The van der Waals surface area contributed by atoms with Gasteiger partial charge in [-0.3, -0.25) is 4.79 Å². The van der Waals surface area contributed by atoms with E-state index in [2.05, 4.69) is 19.2 Å². The van der Waals surface area contributed by atoms with Gasteiger partial charge >= 0.3 is 0 Å². The molecular weight excluding hydrogens is 226 g/mol. The number of rotatable bonds is 6. The van der Waals surface area contributed by atoms with Crippen molar-refractivity contribution in [1.29, 1.82) is 0 Å². The summed E-state index contributed by atoms with van der Waals surface area (Å²) in [4.78, 5) is 11.6. The quantitative estimate of drug-likeness (QED) is 0.791. The maximum absolute atomic E-state index is 11.6. The van der Waals surface area contributed by atoms with Gasteiger partial charge in [0.1, 0.15) is 0 Å². The molecular formula is C15H29NO2. The zero-order valence-corrected chi connectivity index (χ0v) is 12.4. The van der Waals surface area contributed by atoms with E-state index in [1.807, 2.05) is 13.8 Å². The van der Waals surface area contributed by atoms with Crippen LogP contribution < -0.4 is 5.32 Å². The third-order valence-corrected chi connectivity index (χ3v) is 3.49. The second-order valence-corrected chi connectivity index (χ2v) is 6.09. The maximum atomic E-state index is 11.6. The number of hydrogen-bond acceptors (Lipinski definition) is 2. The lowest BCUT2D eigenvalue weighted by molar-refractivity contribution is -0.122. The van der Waals surface area contributed by atoms with Crippen molar-refractivity contribution in [3.05, 3.63) is 0 Å². The molecule has 1 saturated carbocycles. The minimum absolute atomic E-state index is 0.200. The largest absolute Gasteiger partial charge is 0.376 e. The lowest BCUT2D eigenvalue weighted by Gasteiger charge is -2.29.